The molecular weight excluding hydrogens is 525 g/mol. The van der Waals surface area contributed by atoms with Crippen molar-refractivity contribution in [2.24, 2.45) is 0 Å². The molecule has 0 radical (unpaired) electrons. The molecule has 2 aromatic rings. The fourth-order valence-electron chi connectivity index (χ4n) is 4.70. The Morgan fingerprint density at radius 3 is 2.41 bits per heavy atom. The number of nitrogens with zero attached hydrogens (tertiary/aromatic N) is 1. The lowest BCUT2D eigenvalue weighted by Gasteiger charge is -2.43. The number of quaternary nitrogens is 1. The lowest BCUT2D eigenvalue weighted by Crippen LogP contribution is -3.00. The van der Waals surface area contributed by atoms with E-state index >= 15 is 0 Å². The number of halogens is 1. The Morgan fingerprint density at radius 1 is 1.09 bits per heavy atom. The maximum atomic E-state index is 13.3. The molecule has 1 unspecified atom stereocenters. The molecule has 0 bridgehead atoms. The van der Waals surface area contributed by atoms with E-state index in [0.717, 1.165) is 29.7 Å². The average Bonchev–Trinajstić information content (AvgIpc) is 3.22. The van der Waals surface area contributed by atoms with Crippen LogP contribution in [0, 0.1) is 0 Å². The first-order valence-electron chi connectivity index (χ1n) is 10.4. The Hall–Kier alpha value is -2.20. The van der Waals surface area contributed by atoms with Crippen molar-refractivity contribution in [1.82, 2.24) is 0 Å². The summed E-state index contributed by atoms with van der Waals surface area (Å²) in [5.41, 5.74) is 2.98. The first kappa shape index (κ1) is 24.4. The minimum absolute atomic E-state index is 0. The van der Waals surface area contributed by atoms with Crippen LogP contribution in [0.2, 0.25) is 0 Å². The second kappa shape index (κ2) is 9.74. The normalized spacial score (nSPS) is 17.7. The Kier molecular flexibility index (Phi) is 7.44. The zero-order valence-electron chi connectivity index (χ0n) is 19.2. The fraction of sp³-hybridized carbons (Fsp3) is 0.458. The van der Waals surface area contributed by atoms with Crippen molar-refractivity contribution in [3.63, 3.8) is 0 Å². The number of hydrogen-bond donors (Lipinski definition) is 0. The summed E-state index contributed by atoms with van der Waals surface area (Å²) in [6.07, 6.45) is 1.50. The molecule has 2 aliphatic rings. The van der Waals surface area contributed by atoms with Crippen LogP contribution in [0.5, 0.6) is 28.7 Å². The number of benzene rings is 2. The van der Waals surface area contributed by atoms with Gasteiger partial charge in [0, 0.05) is 18.4 Å². The van der Waals surface area contributed by atoms with Crippen molar-refractivity contribution in [2.45, 2.75) is 25.3 Å². The first-order valence-corrected chi connectivity index (χ1v) is 10.4. The van der Waals surface area contributed by atoms with Crippen molar-refractivity contribution in [1.29, 1.82) is 0 Å². The Balaban J connectivity index is 0.00000289. The zero-order valence-corrected chi connectivity index (χ0v) is 21.4. The summed E-state index contributed by atoms with van der Waals surface area (Å²) in [5, 5.41) is 0. The molecule has 1 atom stereocenters. The topological polar surface area (TPSA) is 63.2 Å². The number of Topliss-reactive ketones (excluding diaryl/α,β-unsaturated/α-hetero) is 1. The molecule has 7 nitrogen and oxygen atoms in total. The number of ketones is 1. The van der Waals surface area contributed by atoms with E-state index in [1.807, 2.05) is 24.3 Å². The zero-order chi connectivity index (χ0) is 22.2. The molecular formula is C24H30INO6. The van der Waals surface area contributed by atoms with E-state index in [1.165, 1.54) is 0 Å². The molecule has 0 saturated heterocycles. The molecule has 174 valence electrons. The molecule has 2 aromatic carbocycles. The van der Waals surface area contributed by atoms with Gasteiger partial charge in [0.1, 0.15) is 23.3 Å². The monoisotopic (exact) mass is 555 g/mol. The van der Waals surface area contributed by atoms with E-state index in [-0.39, 0.29) is 49.0 Å². The smallest absolute Gasteiger partial charge is 0.231 e. The lowest BCUT2D eigenvalue weighted by molar-refractivity contribution is -0.922. The third kappa shape index (κ3) is 4.34. The van der Waals surface area contributed by atoms with Gasteiger partial charge in [0.2, 0.25) is 12.5 Å². The van der Waals surface area contributed by atoms with Gasteiger partial charge in [-0.25, -0.2) is 0 Å². The molecule has 2 aliphatic heterocycles. The molecule has 0 aliphatic carbocycles. The summed E-state index contributed by atoms with van der Waals surface area (Å²) in [5.74, 6) is 3.46. The van der Waals surface area contributed by atoms with Gasteiger partial charge in [-0.05, 0) is 23.8 Å². The lowest BCUT2D eigenvalue weighted by atomic mass is 9.86. The molecule has 0 N–H and O–H groups in total. The van der Waals surface area contributed by atoms with Crippen molar-refractivity contribution < 1.29 is 56.9 Å². The molecule has 0 amide bonds. The number of rotatable bonds is 7. The molecule has 2 heterocycles. The second-order valence-corrected chi connectivity index (χ2v) is 8.55. The number of carbonyl (C=O) groups excluding carboxylic acids is 1. The van der Waals surface area contributed by atoms with E-state index in [1.54, 1.807) is 21.3 Å². The van der Waals surface area contributed by atoms with E-state index < -0.39 is 0 Å². The number of methoxy groups -OCH3 is 3. The van der Waals surface area contributed by atoms with Crippen LogP contribution in [0.3, 0.4) is 0 Å². The van der Waals surface area contributed by atoms with Gasteiger partial charge < -0.3 is 52.1 Å². The van der Waals surface area contributed by atoms with Crippen LogP contribution in [-0.2, 0) is 17.6 Å². The molecule has 0 aromatic heterocycles. The van der Waals surface area contributed by atoms with Gasteiger partial charge in [-0.2, -0.15) is 0 Å². The van der Waals surface area contributed by atoms with Crippen molar-refractivity contribution in [3.8, 4) is 28.7 Å². The largest absolute Gasteiger partial charge is 1.00 e. The summed E-state index contributed by atoms with van der Waals surface area (Å²) in [6, 6.07) is 7.55. The number of hydrogen-bond acceptors (Lipinski definition) is 6. The predicted octanol–water partition coefficient (Wildman–Crippen LogP) is 0.321. The van der Waals surface area contributed by atoms with Crippen LogP contribution in [0.4, 0.5) is 0 Å². The first-order chi connectivity index (χ1) is 14.9. The maximum Gasteiger partial charge on any atom is 0.231 e. The highest BCUT2D eigenvalue weighted by Gasteiger charge is 2.42. The molecule has 32 heavy (non-hydrogen) atoms. The van der Waals surface area contributed by atoms with Crippen LogP contribution < -0.4 is 47.7 Å². The summed E-state index contributed by atoms with van der Waals surface area (Å²) in [4.78, 5) is 13.3. The summed E-state index contributed by atoms with van der Waals surface area (Å²) in [6.45, 7) is 1.11. The quantitative estimate of drug-likeness (QED) is 0.363. The average molecular weight is 555 g/mol. The number of carbonyl (C=O) groups is 1. The Bertz CT molecular complexity index is 984. The highest BCUT2D eigenvalue weighted by molar-refractivity contribution is 5.83. The second-order valence-electron chi connectivity index (χ2n) is 8.55. The Labute approximate surface area is 206 Å². The molecule has 0 spiro atoms. The van der Waals surface area contributed by atoms with Gasteiger partial charge in [-0.3, -0.25) is 4.79 Å². The van der Waals surface area contributed by atoms with Crippen LogP contribution in [0.15, 0.2) is 24.3 Å². The van der Waals surface area contributed by atoms with Gasteiger partial charge in [-0.15, -0.1) is 0 Å². The Morgan fingerprint density at radius 2 is 1.78 bits per heavy atom. The number of ether oxygens (including phenoxy) is 5. The molecule has 8 heteroatoms. The van der Waals surface area contributed by atoms with Gasteiger partial charge in [-0.1, -0.05) is 6.07 Å². The van der Waals surface area contributed by atoms with E-state index in [2.05, 4.69) is 14.1 Å². The van der Waals surface area contributed by atoms with Crippen LogP contribution in [0.1, 0.15) is 29.2 Å². The van der Waals surface area contributed by atoms with Crippen molar-refractivity contribution in [3.05, 3.63) is 41.0 Å². The summed E-state index contributed by atoms with van der Waals surface area (Å²) < 4.78 is 28.7. The minimum atomic E-state index is -0.0543. The van der Waals surface area contributed by atoms with Gasteiger partial charge in [0.25, 0.3) is 0 Å². The highest BCUT2D eigenvalue weighted by atomic mass is 127. The molecule has 0 saturated carbocycles. The standard InChI is InChI=1S/C24H30NO6.HI/c1-25(2)10-9-15-11-21-23(31-14-30-21)24(29-5)22(15)18(25)13-16(26)12-17-19(27-3)7-6-8-20(17)28-4;/h6-8,11,18H,9-10,12-14H2,1-5H3;1H/q+1;/p-1. The molecule has 4 rings (SSSR count). The highest BCUT2D eigenvalue weighted by Crippen LogP contribution is 2.51. The van der Waals surface area contributed by atoms with Gasteiger partial charge >= 0.3 is 0 Å². The van der Waals surface area contributed by atoms with Gasteiger partial charge in [0.15, 0.2) is 11.5 Å². The third-order valence-electron chi connectivity index (χ3n) is 6.41. The van der Waals surface area contributed by atoms with Crippen LogP contribution in [-0.4, -0.2) is 59.0 Å². The summed E-state index contributed by atoms with van der Waals surface area (Å²) >= 11 is 0. The van der Waals surface area contributed by atoms with Crippen LogP contribution in [0.25, 0.3) is 0 Å². The minimum Gasteiger partial charge on any atom is -1.00 e. The number of likely N-dealkylation sites (N-methyl/N-ethyl adjacent to an activating group) is 1. The third-order valence-corrected chi connectivity index (χ3v) is 6.41. The fourth-order valence-corrected chi connectivity index (χ4v) is 4.70. The van der Waals surface area contributed by atoms with Gasteiger partial charge in [0.05, 0.1) is 54.0 Å². The SMILES string of the molecule is COc1cccc(OC)c1CC(=O)CC1c2c(cc3c(c2OC)OCO3)CC[N+]1(C)C.[I-]. The summed E-state index contributed by atoms with van der Waals surface area (Å²) in [7, 11) is 9.18. The van der Waals surface area contributed by atoms with E-state index in [4.69, 9.17) is 23.7 Å². The van der Waals surface area contributed by atoms with Crippen molar-refractivity contribution >= 4 is 5.78 Å². The number of fused-ring (bicyclic) bond motifs is 2. The predicted molar refractivity (Wildman–Crippen MR) is 115 cm³/mol. The van der Waals surface area contributed by atoms with Crippen LogP contribution >= 0.6 is 0 Å². The maximum absolute atomic E-state index is 13.3. The van der Waals surface area contributed by atoms with E-state index in [0.29, 0.717) is 39.7 Å². The van der Waals surface area contributed by atoms with Crippen molar-refractivity contribution in [2.75, 3.05) is 48.8 Å². The molecule has 0 fully saturated rings. The van der Waals surface area contributed by atoms with E-state index in [9.17, 15) is 4.79 Å².